The summed E-state index contributed by atoms with van der Waals surface area (Å²) in [5.41, 5.74) is 1.44. The standard InChI is InChI=1S/C20H16BrNO5S2/c1-3-25-18-13(21)6-11(7-16(18)24-2)8-17-19(23)22(20(28)29-17)12-4-5-14-15(9-12)27-10-26-14/h4-9H,3,10H2,1-2H3/b17-8-. The summed E-state index contributed by atoms with van der Waals surface area (Å²) in [5.74, 6) is 2.27. The second-order valence-electron chi connectivity index (χ2n) is 6.02. The summed E-state index contributed by atoms with van der Waals surface area (Å²) in [6.07, 6.45) is 1.79. The molecule has 0 aliphatic carbocycles. The highest BCUT2D eigenvalue weighted by Crippen LogP contribution is 2.42. The molecule has 6 nitrogen and oxygen atoms in total. The minimum atomic E-state index is -0.192. The smallest absolute Gasteiger partial charge is 0.270 e. The highest BCUT2D eigenvalue weighted by molar-refractivity contribution is 9.10. The Labute approximate surface area is 185 Å². The Morgan fingerprint density at radius 3 is 2.83 bits per heavy atom. The third kappa shape index (κ3) is 3.82. The van der Waals surface area contributed by atoms with Crippen LogP contribution in [0, 0.1) is 0 Å². The second kappa shape index (κ2) is 8.25. The van der Waals surface area contributed by atoms with Gasteiger partial charge < -0.3 is 18.9 Å². The molecule has 2 aliphatic rings. The maximum Gasteiger partial charge on any atom is 0.270 e. The zero-order valence-corrected chi connectivity index (χ0v) is 18.8. The number of benzene rings is 2. The van der Waals surface area contributed by atoms with Gasteiger partial charge in [0.05, 0.1) is 28.8 Å². The third-order valence-electron chi connectivity index (χ3n) is 4.25. The van der Waals surface area contributed by atoms with Crippen molar-refractivity contribution in [1.29, 1.82) is 0 Å². The van der Waals surface area contributed by atoms with E-state index in [4.69, 9.17) is 31.2 Å². The van der Waals surface area contributed by atoms with Gasteiger partial charge in [0.1, 0.15) is 0 Å². The number of methoxy groups -OCH3 is 1. The van der Waals surface area contributed by atoms with Crippen LogP contribution in [0.1, 0.15) is 12.5 Å². The Hall–Kier alpha value is -2.23. The summed E-state index contributed by atoms with van der Waals surface area (Å²) in [5, 5.41) is 0. The minimum absolute atomic E-state index is 0.172. The molecule has 0 spiro atoms. The van der Waals surface area contributed by atoms with E-state index in [-0.39, 0.29) is 12.7 Å². The van der Waals surface area contributed by atoms with Gasteiger partial charge >= 0.3 is 0 Å². The molecular formula is C20H16BrNO5S2. The first-order valence-corrected chi connectivity index (χ1v) is 10.7. The van der Waals surface area contributed by atoms with Crippen LogP contribution < -0.4 is 23.8 Å². The van der Waals surface area contributed by atoms with Gasteiger partial charge in [-0.1, -0.05) is 24.0 Å². The molecule has 2 aromatic rings. The van der Waals surface area contributed by atoms with Crippen LogP contribution in [0.25, 0.3) is 6.08 Å². The first kappa shape index (κ1) is 20.1. The number of carbonyl (C=O) groups excluding carboxylic acids is 1. The van der Waals surface area contributed by atoms with E-state index in [0.717, 1.165) is 10.0 Å². The lowest BCUT2D eigenvalue weighted by Crippen LogP contribution is -2.27. The Bertz CT molecular complexity index is 1040. The number of thiocarbonyl (C=S) groups is 1. The van der Waals surface area contributed by atoms with Gasteiger partial charge in [0.25, 0.3) is 5.91 Å². The van der Waals surface area contributed by atoms with Crippen LogP contribution in [0.3, 0.4) is 0 Å². The van der Waals surface area contributed by atoms with Gasteiger partial charge in [-0.2, -0.15) is 0 Å². The summed E-state index contributed by atoms with van der Waals surface area (Å²) >= 11 is 10.2. The van der Waals surface area contributed by atoms with Gasteiger partial charge in [0, 0.05) is 6.07 Å². The van der Waals surface area contributed by atoms with Crippen molar-refractivity contribution in [1.82, 2.24) is 0 Å². The fourth-order valence-corrected chi connectivity index (χ4v) is 4.85. The summed E-state index contributed by atoms with van der Waals surface area (Å²) in [4.78, 5) is 15.1. The Kier molecular flexibility index (Phi) is 5.71. The van der Waals surface area contributed by atoms with Crippen molar-refractivity contribution in [3.05, 3.63) is 45.3 Å². The van der Waals surface area contributed by atoms with Crippen molar-refractivity contribution in [2.75, 3.05) is 25.4 Å². The molecule has 0 unspecified atom stereocenters. The van der Waals surface area contributed by atoms with Crippen molar-refractivity contribution in [2.24, 2.45) is 0 Å². The predicted molar refractivity (Wildman–Crippen MR) is 120 cm³/mol. The molecule has 4 rings (SSSR count). The van der Waals surface area contributed by atoms with Crippen LogP contribution in [-0.2, 0) is 4.79 Å². The van der Waals surface area contributed by atoms with Gasteiger partial charge in [0.2, 0.25) is 6.79 Å². The van der Waals surface area contributed by atoms with Gasteiger partial charge in [0.15, 0.2) is 27.3 Å². The number of hydrogen-bond donors (Lipinski definition) is 0. The molecule has 0 aromatic heterocycles. The molecule has 0 bridgehead atoms. The largest absolute Gasteiger partial charge is 0.493 e. The van der Waals surface area contributed by atoms with Crippen LogP contribution in [-0.4, -0.2) is 30.7 Å². The van der Waals surface area contributed by atoms with E-state index in [1.54, 1.807) is 31.4 Å². The van der Waals surface area contributed by atoms with Crippen molar-refractivity contribution >= 4 is 61.9 Å². The average molecular weight is 494 g/mol. The summed E-state index contributed by atoms with van der Waals surface area (Å²) in [7, 11) is 1.58. The van der Waals surface area contributed by atoms with E-state index in [0.29, 0.717) is 44.5 Å². The Morgan fingerprint density at radius 1 is 1.28 bits per heavy atom. The van der Waals surface area contributed by atoms with E-state index in [1.807, 2.05) is 19.1 Å². The lowest BCUT2D eigenvalue weighted by molar-refractivity contribution is -0.113. The number of amides is 1. The highest BCUT2D eigenvalue weighted by Gasteiger charge is 2.34. The summed E-state index contributed by atoms with van der Waals surface area (Å²) in [6, 6.07) is 9.02. The third-order valence-corrected chi connectivity index (χ3v) is 6.14. The number of carbonyl (C=O) groups is 1. The van der Waals surface area contributed by atoms with Crippen LogP contribution in [0.2, 0.25) is 0 Å². The number of halogens is 1. The predicted octanol–water partition coefficient (Wildman–Crippen LogP) is 4.99. The summed E-state index contributed by atoms with van der Waals surface area (Å²) < 4.78 is 23.0. The average Bonchev–Trinajstić information content (AvgIpc) is 3.27. The topological polar surface area (TPSA) is 57.2 Å². The van der Waals surface area contributed by atoms with E-state index in [9.17, 15) is 4.79 Å². The number of ether oxygens (including phenoxy) is 4. The summed E-state index contributed by atoms with van der Waals surface area (Å²) in [6.45, 7) is 2.59. The molecule has 9 heteroatoms. The fourth-order valence-electron chi connectivity index (χ4n) is 2.97. The van der Waals surface area contributed by atoms with Gasteiger partial charge in [-0.25, -0.2) is 0 Å². The van der Waals surface area contributed by atoms with Crippen LogP contribution in [0.4, 0.5) is 5.69 Å². The van der Waals surface area contributed by atoms with Crippen molar-refractivity contribution in [3.63, 3.8) is 0 Å². The second-order valence-corrected chi connectivity index (χ2v) is 8.55. The van der Waals surface area contributed by atoms with Gasteiger partial charge in [-0.3, -0.25) is 9.69 Å². The van der Waals surface area contributed by atoms with Crippen molar-refractivity contribution in [3.8, 4) is 23.0 Å². The molecule has 2 heterocycles. The molecule has 1 saturated heterocycles. The fraction of sp³-hybridized carbons (Fsp3) is 0.200. The minimum Gasteiger partial charge on any atom is -0.493 e. The number of fused-ring (bicyclic) bond motifs is 1. The monoisotopic (exact) mass is 493 g/mol. The number of anilines is 1. The lowest BCUT2D eigenvalue weighted by Gasteiger charge is -2.15. The van der Waals surface area contributed by atoms with E-state index in [2.05, 4.69) is 15.9 Å². The van der Waals surface area contributed by atoms with E-state index < -0.39 is 0 Å². The van der Waals surface area contributed by atoms with Crippen LogP contribution in [0.5, 0.6) is 23.0 Å². The molecule has 0 N–H and O–H groups in total. The molecule has 0 atom stereocenters. The zero-order chi connectivity index (χ0) is 20.5. The molecule has 2 aliphatic heterocycles. The molecule has 29 heavy (non-hydrogen) atoms. The molecular weight excluding hydrogens is 478 g/mol. The maximum absolute atomic E-state index is 13.0. The van der Waals surface area contributed by atoms with Gasteiger partial charge in [-0.05, 0) is 58.8 Å². The number of nitrogens with zero attached hydrogens (tertiary/aromatic N) is 1. The number of rotatable bonds is 5. The molecule has 0 radical (unpaired) electrons. The quantitative estimate of drug-likeness (QED) is 0.429. The lowest BCUT2D eigenvalue weighted by atomic mass is 10.1. The zero-order valence-electron chi connectivity index (χ0n) is 15.6. The van der Waals surface area contributed by atoms with Gasteiger partial charge in [-0.15, -0.1) is 0 Å². The Morgan fingerprint density at radius 2 is 2.07 bits per heavy atom. The maximum atomic E-state index is 13.0. The molecule has 150 valence electrons. The first-order valence-electron chi connectivity index (χ1n) is 8.69. The number of hydrogen-bond acceptors (Lipinski definition) is 7. The molecule has 1 fully saturated rings. The van der Waals surface area contributed by atoms with Crippen molar-refractivity contribution < 1.29 is 23.7 Å². The number of thioether (sulfide) groups is 1. The van der Waals surface area contributed by atoms with Crippen LogP contribution >= 0.6 is 39.9 Å². The van der Waals surface area contributed by atoms with E-state index >= 15 is 0 Å². The highest BCUT2D eigenvalue weighted by atomic mass is 79.9. The molecule has 0 saturated carbocycles. The molecule has 1 amide bonds. The van der Waals surface area contributed by atoms with Crippen LogP contribution in [0.15, 0.2) is 39.7 Å². The van der Waals surface area contributed by atoms with Crippen molar-refractivity contribution in [2.45, 2.75) is 6.92 Å². The molecule has 2 aromatic carbocycles. The first-order chi connectivity index (χ1) is 14.0. The van der Waals surface area contributed by atoms with E-state index in [1.165, 1.54) is 16.7 Å². The normalized spacial score (nSPS) is 16.7. The SMILES string of the molecule is CCOc1c(Br)cc(/C=C2\SC(=S)N(c3ccc4c(c3)OCO4)C2=O)cc1OC. The Balaban J connectivity index is 1.65.